The molecule has 0 aromatic carbocycles. The molecule has 2 aromatic heterocycles. The molecule has 0 aliphatic carbocycles. The molecule has 0 bridgehead atoms. The molecule has 0 saturated carbocycles. The highest BCUT2D eigenvalue weighted by Gasteiger charge is 2.06. The van der Waals surface area contributed by atoms with Gasteiger partial charge in [-0.2, -0.15) is 0 Å². The topological polar surface area (TPSA) is 76.7 Å². The van der Waals surface area contributed by atoms with Crippen molar-refractivity contribution < 1.29 is 0 Å². The molecule has 0 fully saturated rings. The number of hydrogen-bond acceptors (Lipinski definition) is 6. The van der Waals surface area contributed by atoms with Crippen molar-refractivity contribution in [2.45, 2.75) is 13.8 Å². The van der Waals surface area contributed by atoms with Crippen LogP contribution in [0.2, 0.25) is 0 Å². The van der Waals surface area contributed by atoms with Gasteiger partial charge in [0.1, 0.15) is 0 Å². The summed E-state index contributed by atoms with van der Waals surface area (Å²) < 4.78 is 0. The highest BCUT2D eigenvalue weighted by Crippen LogP contribution is 2.25. The molecule has 0 aliphatic heterocycles. The summed E-state index contributed by atoms with van der Waals surface area (Å²) in [6.07, 6.45) is 3.14. The van der Waals surface area contributed by atoms with E-state index >= 15 is 0 Å². The first-order valence-corrected chi connectivity index (χ1v) is 5.26. The average molecular weight is 221 g/mol. The molecule has 6 heteroatoms. The quantitative estimate of drug-likeness (QED) is 0.809. The van der Waals surface area contributed by atoms with Crippen LogP contribution in [0.5, 0.6) is 0 Å². The van der Waals surface area contributed by atoms with Crippen molar-refractivity contribution in [2.75, 3.05) is 11.1 Å². The molecule has 0 atom stereocenters. The van der Waals surface area contributed by atoms with Crippen molar-refractivity contribution in [3.63, 3.8) is 0 Å². The fraction of sp³-hybridized carbons (Fsp3) is 0.222. The van der Waals surface area contributed by atoms with Crippen LogP contribution in [-0.2, 0) is 0 Å². The van der Waals surface area contributed by atoms with Gasteiger partial charge in [-0.3, -0.25) is 0 Å². The second-order valence-electron chi connectivity index (χ2n) is 3.08. The second kappa shape index (κ2) is 3.82. The van der Waals surface area contributed by atoms with Crippen LogP contribution in [0, 0.1) is 13.8 Å². The molecule has 2 aromatic rings. The summed E-state index contributed by atoms with van der Waals surface area (Å²) in [5.74, 6) is 0.925. The molecule has 0 saturated heterocycles. The van der Waals surface area contributed by atoms with Crippen LogP contribution in [0.1, 0.15) is 10.6 Å². The van der Waals surface area contributed by atoms with Gasteiger partial charge in [0, 0.05) is 17.3 Å². The van der Waals surface area contributed by atoms with E-state index in [2.05, 4.69) is 20.3 Å². The van der Waals surface area contributed by atoms with Gasteiger partial charge in [0.15, 0.2) is 16.8 Å². The normalized spacial score (nSPS) is 10.3. The summed E-state index contributed by atoms with van der Waals surface area (Å²) in [6.45, 7) is 4.00. The maximum absolute atomic E-state index is 5.65. The molecule has 0 radical (unpaired) electrons. The van der Waals surface area contributed by atoms with Crippen molar-refractivity contribution in [1.29, 1.82) is 0 Å². The minimum Gasteiger partial charge on any atom is -0.381 e. The molecular weight excluding hydrogens is 210 g/mol. The van der Waals surface area contributed by atoms with Crippen molar-refractivity contribution in [3.8, 4) is 0 Å². The first-order valence-electron chi connectivity index (χ1n) is 4.44. The lowest BCUT2D eigenvalue weighted by molar-refractivity contribution is 1.18. The summed E-state index contributed by atoms with van der Waals surface area (Å²) in [5, 5.41) is 3.83. The Bertz CT molecular complexity index is 460. The van der Waals surface area contributed by atoms with Crippen LogP contribution >= 0.6 is 11.3 Å². The predicted octanol–water partition coefficient (Wildman–Crippen LogP) is 1.88. The van der Waals surface area contributed by atoms with Crippen molar-refractivity contribution in [3.05, 3.63) is 23.0 Å². The van der Waals surface area contributed by atoms with Crippen LogP contribution in [0.4, 0.5) is 16.8 Å². The zero-order chi connectivity index (χ0) is 10.8. The largest absolute Gasteiger partial charge is 0.381 e. The summed E-state index contributed by atoms with van der Waals surface area (Å²) in [5.41, 5.74) is 6.67. The summed E-state index contributed by atoms with van der Waals surface area (Å²) >= 11 is 1.57. The first-order chi connectivity index (χ1) is 7.16. The van der Waals surface area contributed by atoms with Gasteiger partial charge in [-0.25, -0.2) is 15.0 Å². The summed E-state index contributed by atoms with van der Waals surface area (Å²) in [4.78, 5) is 13.5. The lowest BCUT2D eigenvalue weighted by atomic mass is 10.4. The number of anilines is 3. The molecule has 2 rings (SSSR count). The minimum atomic E-state index is 0.378. The zero-order valence-electron chi connectivity index (χ0n) is 8.48. The number of nitrogen functional groups attached to an aromatic ring is 1. The number of nitrogens with zero attached hydrogens (tertiary/aromatic N) is 3. The third-order valence-corrected chi connectivity index (χ3v) is 2.97. The molecule has 5 nitrogen and oxygen atoms in total. The van der Waals surface area contributed by atoms with Gasteiger partial charge in [-0.15, -0.1) is 11.3 Å². The number of rotatable bonds is 2. The lowest BCUT2D eigenvalue weighted by Crippen LogP contribution is -2.00. The molecular formula is C9H11N5S. The van der Waals surface area contributed by atoms with Crippen molar-refractivity contribution in [1.82, 2.24) is 15.0 Å². The smallest absolute Gasteiger partial charge is 0.188 e. The van der Waals surface area contributed by atoms with Gasteiger partial charge in [-0.05, 0) is 13.8 Å². The fourth-order valence-electron chi connectivity index (χ4n) is 1.07. The molecule has 0 aliphatic rings. The van der Waals surface area contributed by atoms with E-state index in [1.165, 1.54) is 4.88 Å². The molecule has 0 amide bonds. The highest BCUT2D eigenvalue weighted by atomic mass is 32.1. The van der Waals surface area contributed by atoms with Gasteiger partial charge in [0.25, 0.3) is 0 Å². The zero-order valence-corrected chi connectivity index (χ0v) is 9.30. The monoisotopic (exact) mass is 221 g/mol. The Labute approximate surface area is 91.4 Å². The predicted molar refractivity (Wildman–Crippen MR) is 61.3 cm³/mol. The third kappa shape index (κ3) is 2.04. The van der Waals surface area contributed by atoms with E-state index in [1.54, 1.807) is 23.7 Å². The first kappa shape index (κ1) is 9.85. The molecule has 15 heavy (non-hydrogen) atoms. The van der Waals surface area contributed by atoms with E-state index in [-0.39, 0.29) is 0 Å². The molecule has 78 valence electrons. The standard InChI is InChI=1S/C9H11N5S/c1-5-6(2)15-9(13-5)14-8-7(10)11-3-4-12-8/h3-4H,1-2H3,(H2,10,11)(H,12,13,14). The van der Waals surface area contributed by atoms with E-state index in [4.69, 9.17) is 5.73 Å². The second-order valence-corrected chi connectivity index (χ2v) is 4.28. The molecule has 2 heterocycles. The molecule has 0 spiro atoms. The maximum Gasteiger partial charge on any atom is 0.188 e. The van der Waals surface area contributed by atoms with Crippen molar-refractivity contribution >= 4 is 28.1 Å². The minimum absolute atomic E-state index is 0.378. The van der Waals surface area contributed by atoms with E-state index in [0.29, 0.717) is 11.6 Å². The van der Waals surface area contributed by atoms with Gasteiger partial charge in [0.05, 0.1) is 5.69 Å². The Kier molecular flexibility index (Phi) is 2.51. The number of thiazole rings is 1. The Morgan fingerprint density at radius 3 is 2.60 bits per heavy atom. The van der Waals surface area contributed by atoms with Crippen LogP contribution in [0.15, 0.2) is 12.4 Å². The number of aromatic nitrogens is 3. The summed E-state index contributed by atoms with van der Waals surface area (Å²) in [6, 6.07) is 0. The van der Waals surface area contributed by atoms with E-state index in [9.17, 15) is 0 Å². The Morgan fingerprint density at radius 1 is 1.27 bits per heavy atom. The maximum atomic E-state index is 5.65. The summed E-state index contributed by atoms with van der Waals surface area (Å²) in [7, 11) is 0. The van der Waals surface area contributed by atoms with E-state index in [0.717, 1.165) is 10.8 Å². The number of aryl methyl sites for hydroxylation is 2. The van der Waals surface area contributed by atoms with Crippen molar-refractivity contribution in [2.24, 2.45) is 0 Å². The van der Waals surface area contributed by atoms with Gasteiger partial charge < -0.3 is 11.1 Å². The highest BCUT2D eigenvalue weighted by molar-refractivity contribution is 7.15. The van der Waals surface area contributed by atoms with Crippen LogP contribution in [0.25, 0.3) is 0 Å². The third-order valence-electron chi connectivity index (χ3n) is 1.98. The van der Waals surface area contributed by atoms with E-state index in [1.807, 2.05) is 13.8 Å². The number of nitrogens with two attached hydrogens (primary N) is 1. The van der Waals surface area contributed by atoms with Crippen LogP contribution < -0.4 is 11.1 Å². The Hall–Kier alpha value is -1.69. The number of nitrogens with one attached hydrogen (secondary N) is 1. The molecule has 0 unspecified atom stereocenters. The molecule has 3 N–H and O–H groups in total. The SMILES string of the molecule is Cc1nc(Nc2nccnc2N)sc1C. The van der Waals surface area contributed by atoms with Gasteiger partial charge in [0.2, 0.25) is 0 Å². The lowest BCUT2D eigenvalue weighted by Gasteiger charge is -2.02. The van der Waals surface area contributed by atoms with Crippen LogP contribution in [0.3, 0.4) is 0 Å². The fourth-order valence-corrected chi connectivity index (χ4v) is 1.89. The van der Waals surface area contributed by atoms with Gasteiger partial charge in [-0.1, -0.05) is 0 Å². The van der Waals surface area contributed by atoms with Crippen LogP contribution in [-0.4, -0.2) is 15.0 Å². The Morgan fingerprint density at radius 2 is 2.00 bits per heavy atom. The average Bonchev–Trinajstić information content (AvgIpc) is 2.50. The van der Waals surface area contributed by atoms with E-state index < -0.39 is 0 Å². The Balaban J connectivity index is 2.26. The van der Waals surface area contributed by atoms with Gasteiger partial charge >= 0.3 is 0 Å². The number of hydrogen-bond donors (Lipinski definition) is 2.